The van der Waals surface area contributed by atoms with Crippen LogP contribution in [0.5, 0.6) is 0 Å². The largest absolute Gasteiger partial charge is 0.399 e. The lowest BCUT2D eigenvalue weighted by atomic mass is 10.0. The van der Waals surface area contributed by atoms with Crippen LogP contribution < -0.4 is 5.73 Å². The molecule has 0 spiro atoms. The van der Waals surface area contributed by atoms with E-state index in [9.17, 15) is 5.11 Å². The van der Waals surface area contributed by atoms with Gasteiger partial charge in [0.25, 0.3) is 0 Å². The van der Waals surface area contributed by atoms with Crippen LogP contribution in [0.15, 0.2) is 30.5 Å². The van der Waals surface area contributed by atoms with Gasteiger partial charge in [0.15, 0.2) is 0 Å². The number of hydrogen-bond acceptors (Lipinski definition) is 3. The lowest BCUT2D eigenvalue weighted by molar-refractivity contribution is 0.167. The highest BCUT2D eigenvalue weighted by Crippen LogP contribution is 2.27. The molecule has 2 rings (SSSR count). The quantitative estimate of drug-likeness (QED) is 0.834. The third-order valence-electron chi connectivity index (χ3n) is 2.98. The van der Waals surface area contributed by atoms with Crippen LogP contribution in [0.25, 0.3) is 0 Å². The van der Waals surface area contributed by atoms with E-state index >= 15 is 0 Å². The molecular weight excluding hydrogens is 250 g/mol. The van der Waals surface area contributed by atoms with Gasteiger partial charge < -0.3 is 10.8 Å². The summed E-state index contributed by atoms with van der Waals surface area (Å²) in [6.07, 6.45) is 2.51. The number of nitrogens with two attached hydrogens (primary N) is 1. The predicted octanol–water partition coefficient (Wildman–Crippen LogP) is 2.32. The topological polar surface area (TPSA) is 64.1 Å². The molecule has 0 saturated heterocycles. The molecule has 0 radical (unpaired) electrons. The molecule has 1 heterocycles. The molecule has 96 valence electrons. The van der Waals surface area contributed by atoms with Crippen LogP contribution in [0, 0.1) is 0 Å². The van der Waals surface area contributed by atoms with Crippen LogP contribution in [-0.4, -0.2) is 14.9 Å². The van der Waals surface area contributed by atoms with Gasteiger partial charge in [0.1, 0.15) is 0 Å². The van der Waals surface area contributed by atoms with Crippen molar-refractivity contribution >= 4 is 17.3 Å². The molecule has 18 heavy (non-hydrogen) atoms. The first-order valence-corrected chi connectivity index (χ1v) is 6.15. The van der Waals surface area contributed by atoms with E-state index in [2.05, 4.69) is 5.10 Å². The molecule has 0 saturated carbocycles. The Hall–Kier alpha value is -1.52. The minimum Gasteiger partial charge on any atom is -0.399 e. The molecule has 3 N–H and O–H groups in total. The van der Waals surface area contributed by atoms with Crippen molar-refractivity contribution in [2.45, 2.75) is 18.9 Å². The van der Waals surface area contributed by atoms with Gasteiger partial charge in [0.2, 0.25) is 0 Å². The van der Waals surface area contributed by atoms with Crippen LogP contribution in [0.3, 0.4) is 0 Å². The summed E-state index contributed by atoms with van der Waals surface area (Å²) in [6, 6.07) is 7.11. The van der Waals surface area contributed by atoms with Gasteiger partial charge in [-0.3, -0.25) is 4.68 Å². The number of halogens is 1. The molecular formula is C13H16ClN3O. The number of benzene rings is 1. The number of aryl methyl sites for hydroxylation is 2. The molecule has 1 aromatic carbocycles. The number of rotatable bonds is 4. The normalized spacial score (nSPS) is 12.6. The summed E-state index contributed by atoms with van der Waals surface area (Å²) in [5.74, 6) is 0. The van der Waals surface area contributed by atoms with Crippen molar-refractivity contribution in [2.24, 2.45) is 7.05 Å². The van der Waals surface area contributed by atoms with E-state index in [1.165, 1.54) is 0 Å². The van der Waals surface area contributed by atoms with Crippen LogP contribution in [0.2, 0.25) is 5.02 Å². The van der Waals surface area contributed by atoms with Crippen LogP contribution in [-0.2, 0) is 13.5 Å². The summed E-state index contributed by atoms with van der Waals surface area (Å²) in [4.78, 5) is 0. The molecule has 0 aliphatic heterocycles. The summed E-state index contributed by atoms with van der Waals surface area (Å²) in [5, 5.41) is 14.7. The number of nitrogen functional groups attached to an aromatic ring is 1. The molecule has 0 aliphatic carbocycles. The highest BCUT2D eigenvalue weighted by molar-refractivity contribution is 6.31. The van der Waals surface area contributed by atoms with Gasteiger partial charge in [0, 0.05) is 29.6 Å². The van der Waals surface area contributed by atoms with Crippen LogP contribution in [0.4, 0.5) is 5.69 Å². The van der Waals surface area contributed by atoms with Crippen molar-refractivity contribution in [3.8, 4) is 0 Å². The smallest absolute Gasteiger partial charge is 0.0808 e. The van der Waals surface area contributed by atoms with Crippen molar-refractivity contribution in [3.05, 3.63) is 46.7 Å². The zero-order valence-corrected chi connectivity index (χ0v) is 10.9. The van der Waals surface area contributed by atoms with Gasteiger partial charge >= 0.3 is 0 Å². The Bertz CT molecular complexity index is 539. The summed E-state index contributed by atoms with van der Waals surface area (Å²) in [5.41, 5.74) is 8.02. The maximum atomic E-state index is 10.1. The molecule has 1 atom stereocenters. The van der Waals surface area contributed by atoms with Gasteiger partial charge in [-0.25, -0.2) is 0 Å². The van der Waals surface area contributed by atoms with E-state index in [1.807, 2.05) is 13.1 Å². The molecule has 0 fully saturated rings. The Morgan fingerprint density at radius 2 is 2.22 bits per heavy atom. The fraction of sp³-hybridized carbons (Fsp3) is 0.308. The third-order valence-corrected chi connectivity index (χ3v) is 3.31. The van der Waals surface area contributed by atoms with Crippen molar-refractivity contribution in [1.82, 2.24) is 9.78 Å². The van der Waals surface area contributed by atoms with Crippen LogP contribution >= 0.6 is 11.6 Å². The molecule has 5 heteroatoms. The second-order valence-corrected chi connectivity index (χ2v) is 4.69. The number of aromatic nitrogens is 2. The highest BCUT2D eigenvalue weighted by Gasteiger charge is 2.12. The first kappa shape index (κ1) is 12.9. The van der Waals surface area contributed by atoms with E-state index in [0.29, 0.717) is 22.7 Å². The standard InChI is InChI=1S/C13H16ClN3O/c1-17-10(6-7-16-17)3-5-13(18)11-4-2-9(15)8-12(11)14/h2,4,6-8,13,18H,3,5,15H2,1H3. The third kappa shape index (κ3) is 2.83. The maximum absolute atomic E-state index is 10.1. The number of hydrogen-bond donors (Lipinski definition) is 2. The summed E-state index contributed by atoms with van der Waals surface area (Å²) < 4.78 is 1.80. The summed E-state index contributed by atoms with van der Waals surface area (Å²) in [7, 11) is 1.89. The average molecular weight is 266 g/mol. The van der Waals surface area contributed by atoms with E-state index in [-0.39, 0.29) is 0 Å². The fourth-order valence-corrected chi connectivity index (χ4v) is 2.22. The number of anilines is 1. The molecule has 0 amide bonds. The van der Waals surface area contributed by atoms with Gasteiger partial charge in [-0.15, -0.1) is 0 Å². The highest BCUT2D eigenvalue weighted by atomic mass is 35.5. The summed E-state index contributed by atoms with van der Waals surface area (Å²) in [6.45, 7) is 0. The van der Waals surface area contributed by atoms with Crippen molar-refractivity contribution < 1.29 is 5.11 Å². The maximum Gasteiger partial charge on any atom is 0.0808 e. The molecule has 0 bridgehead atoms. The van der Waals surface area contributed by atoms with Crippen molar-refractivity contribution in [3.63, 3.8) is 0 Å². The van der Waals surface area contributed by atoms with Gasteiger partial charge in [-0.2, -0.15) is 5.10 Å². The van der Waals surface area contributed by atoms with E-state index in [1.54, 1.807) is 29.1 Å². The molecule has 4 nitrogen and oxygen atoms in total. The van der Waals surface area contributed by atoms with E-state index < -0.39 is 6.10 Å². The molecule has 1 aromatic heterocycles. The molecule has 1 unspecified atom stereocenters. The zero-order chi connectivity index (χ0) is 13.1. The average Bonchev–Trinajstić information content (AvgIpc) is 2.72. The Labute approximate surface area is 111 Å². The Balaban J connectivity index is 2.03. The van der Waals surface area contributed by atoms with Crippen LogP contribution in [0.1, 0.15) is 23.8 Å². The number of nitrogens with zero attached hydrogens (tertiary/aromatic N) is 2. The first-order valence-electron chi connectivity index (χ1n) is 5.78. The zero-order valence-electron chi connectivity index (χ0n) is 10.2. The summed E-state index contributed by atoms with van der Waals surface area (Å²) >= 11 is 6.06. The molecule has 0 aliphatic rings. The minimum atomic E-state index is -0.590. The van der Waals surface area contributed by atoms with Crippen molar-refractivity contribution in [2.75, 3.05) is 5.73 Å². The second kappa shape index (κ2) is 5.42. The van der Waals surface area contributed by atoms with Gasteiger partial charge in [-0.1, -0.05) is 17.7 Å². The Morgan fingerprint density at radius 1 is 1.44 bits per heavy atom. The van der Waals surface area contributed by atoms with E-state index in [4.69, 9.17) is 17.3 Å². The monoisotopic (exact) mass is 265 g/mol. The Kier molecular flexibility index (Phi) is 3.89. The number of aliphatic hydroxyl groups is 1. The molecule has 2 aromatic rings. The van der Waals surface area contributed by atoms with Gasteiger partial charge in [-0.05, 0) is 36.6 Å². The van der Waals surface area contributed by atoms with Crippen molar-refractivity contribution in [1.29, 1.82) is 0 Å². The first-order chi connectivity index (χ1) is 8.58. The minimum absolute atomic E-state index is 0.507. The second-order valence-electron chi connectivity index (χ2n) is 4.28. The lowest BCUT2D eigenvalue weighted by Crippen LogP contribution is -2.04. The fourth-order valence-electron chi connectivity index (χ4n) is 1.90. The lowest BCUT2D eigenvalue weighted by Gasteiger charge is -2.13. The Morgan fingerprint density at radius 3 is 2.83 bits per heavy atom. The SMILES string of the molecule is Cn1nccc1CCC(O)c1ccc(N)cc1Cl. The number of aliphatic hydroxyl groups excluding tert-OH is 1. The predicted molar refractivity (Wildman–Crippen MR) is 72.4 cm³/mol. The van der Waals surface area contributed by atoms with E-state index in [0.717, 1.165) is 12.1 Å². The van der Waals surface area contributed by atoms with Gasteiger partial charge in [0.05, 0.1) is 6.10 Å².